The molecule has 0 spiro atoms. The third kappa shape index (κ3) is 1.68. The molecule has 0 radical (unpaired) electrons. The van der Waals surface area contributed by atoms with E-state index in [9.17, 15) is 4.79 Å². The van der Waals surface area contributed by atoms with Gasteiger partial charge in [-0.25, -0.2) is 0 Å². The van der Waals surface area contributed by atoms with Crippen LogP contribution < -0.4 is 0 Å². The molecule has 0 aliphatic carbocycles. The van der Waals surface area contributed by atoms with Gasteiger partial charge in [-0.3, -0.25) is 4.79 Å². The minimum atomic E-state index is 0.119. The zero-order chi connectivity index (χ0) is 11.8. The van der Waals surface area contributed by atoms with Crippen molar-refractivity contribution in [3.63, 3.8) is 0 Å². The minimum Gasteiger partial charge on any atom is -0.354 e. The summed E-state index contributed by atoms with van der Waals surface area (Å²) in [5, 5.41) is 3.13. The van der Waals surface area contributed by atoms with E-state index in [1.54, 1.807) is 6.92 Å². The second kappa shape index (κ2) is 3.86. The van der Waals surface area contributed by atoms with Crippen LogP contribution >= 0.6 is 11.3 Å². The summed E-state index contributed by atoms with van der Waals surface area (Å²) in [6, 6.07) is 12.2. The molecule has 0 saturated heterocycles. The molecule has 0 bridgehead atoms. The second-order valence-corrected chi connectivity index (χ2v) is 4.91. The zero-order valence-corrected chi connectivity index (χ0v) is 10.2. The van der Waals surface area contributed by atoms with E-state index in [0.29, 0.717) is 0 Å². The fourth-order valence-electron chi connectivity index (χ4n) is 2.01. The van der Waals surface area contributed by atoms with E-state index in [1.165, 1.54) is 16.7 Å². The number of hydrogen-bond donors (Lipinski definition) is 1. The van der Waals surface area contributed by atoms with Crippen LogP contribution in [0.2, 0.25) is 0 Å². The normalized spacial score (nSPS) is 10.9. The van der Waals surface area contributed by atoms with E-state index in [1.807, 2.05) is 29.6 Å². The topological polar surface area (TPSA) is 32.9 Å². The number of hydrogen-bond acceptors (Lipinski definition) is 2. The molecule has 0 fully saturated rings. The summed E-state index contributed by atoms with van der Waals surface area (Å²) in [4.78, 5) is 15.7. The number of para-hydroxylation sites is 1. The Morgan fingerprint density at radius 3 is 2.82 bits per heavy atom. The van der Waals surface area contributed by atoms with Crippen molar-refractivity contribution in [2.75, 3.05) is 0 Å². The highest BCUT2D eigenvalue weighted by Gasteiger charge is 2.12. The molecular weight excluding hydrogens is 230 g/mol. The minimum absolute atomic E-state index is 0.119. The average Bonchev–Trinajstić information content (AvgIpc) is 2.95. The van der Waals surface area contributed by atoms with E-state index in [-0.39, 0.29) is 5.78 Å². The van der Waals surface area contributed by atoms with Crippen LogP contribution in [0, 0.1) is 0 Å². The first kappa shape index (κ1) is 10.3. The van der Waals surface area contributed by atoms with Crippen molar-refractivity contribution in [2.24, 2.45) is 0 Å². The third-order valence-corrected chi connectivity index (χ3v) is 3.82. The monoisotopic (exact) mass is 241 g/mol. The largest absolute Gasteiger partial charge is 0.354 e. The first-order valence-electron chi connectivity index (χ1n) is 5.42. The Bertz CT molecular complexity index is 660. The summed E-state index contributed by atoms with van der Waals surface area (Å²) < 4.78 is 0. The Balaban J connectivity index is 2.20. The lowest BCUT2D eigenvalue weighted by Crippen LogP contribution is -1.89. The molecule has 0 saturated carbocycles. The number of nitrogens with one attached hydrogen (secondary N) is 1. The molecule has 2 heterocycles. The maximum atomic E-state index is 11.5. The van der Waals surface area contributed by atoms with Crippen molar-refractivity contribution in [1.82, 2.24) is 4.98 Å². The molecule has 0 atom stereocenters. The summed E-state index contributed by atoms with van der Waals surface area (Å²) in [5.41, 5.74) is 3.11. The summed E-state index contributed by atoms with van der Waals surface area (Å²) in [5.74, 6) is 0.119. The van der Waals surface area contributed by atoms with Crippen molar-refractivity contribution in [3.8, 4) is 11.3 Å². The molecule has 1 aromatic carbocycles. The number of rotatable bonds is 2. The maximum absolute atomic E-state index is 11.5. The Morgan fingerprint density at radius 2 is 2.06 bits per heavy atom. The standard InChI is InChI=1S/C14H11NOS/c1-9(16)14-11(6-7-17-14)13-8-10-4-2-3-5-12(10)15-13/h2-8,15H,1H3. The van der Waals surface area contributed by atoms with Gasteiger partial charge in [0.05, 0.1) is 4.88 Å². The smallest absolute Gasteiger partial charge is 0.170 e. The number of aromatic nitrogens is 1. The van der Waals surface area contributed by atoms with Crippen molar-refractivity contribution < 1.29 is 4.79 Å². The van der Waals surface area contributed by atoms with Crippen LogP contribution in [-0.4, -0.2) is 10.8 Å². The summed E-state index contributed by atoms with van der Waals surface area (Å²) in [6.07, 6.45) is 0. The first-order chi connectivity index (χ1) is 8.25. The highest BCUT2D eigenvalue weighted by atomic mass is 32.1. The van der Waals surface area contributed by atoms with Crippen molar-refractivity contribution in [3.05, 3.63) is 46.7 Å². The van der Waals surface area contributed by atoms with E-state index >= 15 is 0 Å². The molecule has 17 heavy (non-hydrogen) atoms. The number of carbonyl (C=O) groups excluding carboxylic acids is 1. The lowest BCUT2D eigenvalue weighted by atomic mass is 10.1. The predicted molar refractivity (Wildman–Crippen MR) is 71.6 cm³/mol. The highest BCUT2D eigenvalue weighted by molar-refractivity contribution is 7.12. The number of carbonyl (C=O) groups is 1. The molecule has 2 nitrogen and oxygen atoms in total. The average molecular weight is 241 g/mol. The van der Waals surface area contributed by atoms with Gasteiger partial charge in [0.1, 0.15) is 0 Å². The van der Waals surface area contributed by atoms with Crippen LogP contribution in [0.5, 0.6) is 0 Å². The second-order valence-electron chi connectivity index (χ2n) is 3.99. The fourth-order valence-corrected chi connectivity index (χ4v) is 2.82. The third-order valence-electron chi connectivity index (χ3n) is 2.81. The highest BCUT2D eigenvalue weighted by Crippen LogP contribution is 2.30. The number of H-pyrrole nitrogens is 1. The van der Waals surface area contributed by atoms with Gasteiger partial charge in [-0.05, 0) is 30.5 Å². The van der Waals surface area contributed by atoms with Crippen LogP contribution in [0.4, 0.5) is 0 Å². The number of fused-ring (bicyclic) bond motifs is 1. The van der Waals surface area contributed by atoms with Gasteiger partial charge in [0, 0.05) is 22.2 Å². The van der Waals surface area contributed by atoms with Crippen LogP contribution in [0.1, 0.15) is 16.6 Å². The van der Waals surface area contributed by atoms with Crippen LogP contribution in [0.25, 0.3) is 22.2 Å². The van der Waals surface area contributed by atoms with Crippen LogP contribution in [-0.2, 0) is 0 Å². The van der Waals surface area contributed by atoms with Gasteiger partial charge < -0.3 is 4.98 Å². The summed E-state index contributed by atoms with van der Waals surface area (Å²) in [7, 11) is 0. The van der Waals surface area contributed by atoms with Crippen molar-refractivity contribution in [2.45, 2.75) is 6.92 Å². The van der Waals surface area contributed by atoms with Gasteiger partial charge >= 0.3 is 0 Å². The van der Waals surface area contributed by atoms with Gasteiger partial charge in [-0.2, -0.15) is 0 Å². The molecule has 3 aromatic rings. The van der Waals surface area contributed by atoms with Gasteiger partial charge in [-0.15, -0.1) is 11.3 Å². The quantitative estimate of drug-likeness (QED) is 0.673. The number of thiophene rings is 1. The SMILES string of the molecule is CC(=O)c1sccc1-c1cc2ccccc2[nH]1. The first-order valence-corrected chi connectivity index (χ1v) is 6.30. The molecule has 0 unspecified atom stereocenters. The molecule has 2 aromatic heterocycles. The molecule has 0 aliphatic heterocycles. The molecular formula is C14H11NOS. The maximum Gasteiger partial charge on any atom is 0.170 e. The molecule has 1 N–H and O–H groups in total. The summed E-state index contributed by atoms with van der Waals surface area (Å²) in [6.45, 7) is 1.61. The molecule has 3 heteroatoms. The van der Waals surface area contributed by atoms with E-state index in [2.05, 4.69) is 17.1 Å². The van der Waals surface area contributed by atoms with E-state index in [0.717, 1.165) is 21.7 Å². The Hall–Kier alpha value is -1.87. The zero-order valence-electron chi connectivity index (χ0n) is 9.36. The van der Waals surface area contributed by atoms with E-state index < -0.39 is 0 Å². The number of aromatic amines is 1. The van der Waals surface area contributed by atoms with Gasteiger partial charge in [-0.1, -0.05) is 18.2 Å². The van der Waals surface area contributed by atoms with Crippen LogP contribution in [0.15, 0.2) is 41.8 Å². The lowest BCUT2D eigenvalue weighted by molar-refractivity contribution is 0.102. The van der Waals surface area contributed by atoms with Crippen LogP contribution in [0.3, 0.4) is 0 Å². The van der Waals surface area contributed by atoms with Gasteiger partial charge in [0.15, 0.2) is 5.78 Å². The van der Waals surface area contributed by atoms with Gasteiger partial charge in [0.25, 0.3) is 0 Å². The molecule has 0 aliphatic rings. The van der Waals surface area contributed by atoms with Crippen molar-refractivity contribution in [1.29, 1.82) is 0 Å². The predicted octanol–water partition coefficient (Wildman–Crippen LogP) is 4.10. The number of ketones is 1. The van der Waals surface area contributed by atoms with Crippen molar-refractivity contribution >= 4 is 28.0 Å². The number of Topliss-reactive ketones (excluding diaryl/α,β-unsaturated/α-hetero) is 1. The fraction of sp³-hybridized carbons (Fsp3) is 0.0714. The van der Waals surface area contributed by atoms with Gasteiger partial charge in [0.2, 0.25) is 0 Å². The Morgan fingerprint density at radius 1 is 1.24 bits per heavy atom. The number of benzene rings is 1. The molecule has 3 rings (SSSR count). The van der Waals surface area contributed by atoms with E-state index in [4.69, 9.17) is 0 Å². The molecule has 84 valence electrons. The Labute approximate surface area is 103 Å². The Kier molecular flexibility index (Phi) is 2.34. The molecule has 0 amide bonds. The summed E-state index contributed by atoms with van der Waals surface area (Å²) >= 11 is 1.49. The lowest BCUT2D eigenvalue weighted by Gasteiger charge is -1.96.